The Kier molecular flexibility index (Phi) is 25.7. The maximum Gasteiger partial charge on any atom is 0.326 e. The molecule has 1 aromatic rings. The number of aliphatic carboxylic acids is 1. The summed E-state index contributed by atoms with van der Waals surface area (Å²) < 4.78 is 22.7. The van der Waals surface area contributed by atoms with Gasteiger partial charge in [0.15, 0.2) is 24.5 Å². The summed E-state index contributed by atoms with van der Waals surface area (Å²) in [6.07, 6.45) is -18.8. The number of rotatable bonds is 29. The van der Waals surface area contributed by atoms with E-state index in [0.29, 0.717) is 6.42 Å². The molecule has 3 fully saturated rings. The predicted molar refractivity (Wildman–Crippen MR) is 274 cm³/mol. The molecule has 1 aromatic carbocycles. The number of aliphatic hydroxyl groups is 7. The lowest BCUT2D eigenvalue weighted by Gasteiger charge is -2.46. The van der Waals surface area contributed by atoms with Crippen LogP contribution in [0.25, 0.3) is 0 Å². The number of nitrogens with one attached hydrogen (secondary N) is 4. The number of carboxylic acid groups (broad SMARTS) is 1. The van der Waals surface area contributed by atoms with Gasteiger partial charge in [0.05, 0.1) is 25.4 Å². The number of nitrogens with zero attached hydrogens (tertiary/aromatic N) is 3. The molecule has 0 bridgehead atoms. The van der Waals surface area contributed by atoms with E-state index in [9.17, 15) is 69.6 Å². The molecular formula is C48H80N12O18. The van der Waals surface area contributed by atoms with Crippen LogP contribution >= 0.6 is 0 Å². The van der Waals surface area contributed by atoms with Crippen LogP contribution in [0.15, 0.2) is 40.3 Å². The molecule has 3 aliphatic heterocycles. The van der Waals surface area contributed by atoms with Crippen molar-refractivity contribution in [2.75, 3.05) is 32.8 Å². The van der Waals surface area contributed by atoms with E-state index < -0.39 is 158 Å². The van der Waals surface area contributed by atoms with E-state index >= 15 is 0 Å². The van der Waals surface area contributed by atoms with Gasteiger partial charge in [0.2, 0.25) is 29.5 Å². The zero-order chi connectivity index (χ0) is 58.0. The van der Waals surface area contributed by atoms with Crippen molar-refractivity contribution in [2.24, 2.45) is 44.6 Å². The van der Waals surface area contributed by atoms with E-state index in [4.69, 9.17) is 47.6 Å². The van der Waals surface area contributed by atoms with Gasteiger partial charge >= 0.3 is 5.97 Å². The average molecular weight is 1110 g/mol. The average Bonchev–Trinajstić information content (AvgIpc) is 3.93. The van der Waals surface area contributed by atoms with E-state index in [1.54, 1.807) is 38.1 Å². The lowest BCUT2D eigenvalue weighted by atomic mass is 9.97. The number of hydrogen-bond acceptors (Lipinski definition) is 20. The molecule has 5 amide bonds. The number of nitrogens with two attached hydrogens (primary N) is 5. The quantitative estimate of drug-likeness (QED) is 0.0201. The van der Waals surface area contributed by atoms with Gasteiger partial charge in [-0.15, -0.1) is 0 Å². The summed E-state index contributed by atoms with van der Waals surface area (Å²) in [6, 6.07) is 0.665. The van der Waals surface area contributed by atoms with Crippen molar-refractivity contribution in [3.63, 3.8) is 0 Å². The summed E-state index contributed by atoms with van der Waals surface area (Å²) in [7, 11) is 0. The van der Waals surface area contributed by atoms with Crippen molar-refractivity contribution in [1.29, 1.82) is 0 Å². The Labute approximate surface area is 450 Å². The summed E-state index contributed by atoms with van der Waals surface area (Å²) >= 11 is 0. The Morgan fingerprint density at radius 1 is 0.731 bits per heavy atom. The number of guanidine groups is 2. The van der Waals surface area contributed by atoms with Gasteiger partial charge in [-0.3, -0.25) is 34.0 Å². The van der Waals surface area contributed by atoms with Crippen LogP contribution in [0.3, 0.4) is 0 Å². The highest BCUT2D eigenvalue weighted by Crippen LogP contribution is 2.30. The van der Waals surface area contributed by atoms with E-state index in [1.165, 1.54) is 11.8 Å². The van der Waals surface area contributed by atoms with E-state index in [1.807, 2.05) is 6.07 Å². The minimum atomic E-state index is -2.09. The highest BCUT2D eigenvalue weighted by Gasteiger charge is 2.52. The lowest BCUT2D eigenvalue weighted by Crippen LogP contribution is -2.65. The van der Waals surface area contributed by atoms with Crippen LogP contribution in [0.1, 0.15) is 71.3 Å². The largest absolute Gasteiger partial charge is 0.480 e. The second-order valence-corrected chi connectivity index (χ2v) is 19.5. The Bertz CT molecular complexity index is 2170. The molecule has 22 N–H and O–H groups in total. The van der Waals surface area contributed by atoms with Crippen LogP contribution in [-0.4, -0.2) is 230 Å². The van der Waals surface area contributed by atoms with Crippen molar-refractivity contribution in [3.8, 4) is 0 Å². The van der Waals surface area contributed by atoms with Gasteiger partial charge in [0, 0.05) is 19.6 Å². The van der Waals surface area contributed by atoms with Gasteiger partial charge < -0.3 is 115 Å². The first-order valence-corrected chi connectivity index (χ1v) is 25.8. The van der Waals surface area contributed by atoms with Crippen LogP contribution in [0, 0.1) is 5.92 Å². The molecule has 30 nitrogen and oxygen atoms in total. The Hall–Kier alpha value is -5.90. The fourth-order valence-electron chi connectivity index (χ4n) is 9.08. The summed E-state index contributed by atoms with van der Waals surface area (Å²) in [5.74, 6) is -6.74. The number of carbonyl (C=O) groups is 6. The highest BCUT2D eigenvalue weighted by molar-refractivity contribution is 5.97. The summed E-state index contributed by atoms with van der Waals surface area (Å²) in [6.45, 7) is 2.85. The fraction of sp³-hybridized carbons (Fsp3) is 0.708. The van der Waals surface area contributed by atoms with Crippen molar-refractivity contribution >= 4 is 47.4 Å². The molecule has 3 aliphatic rings. The number of carbonyl (C=O) groups excluding carboxylic acids is 5. The van der Waals surface area contributed by atoms with Gasteiger partial charge in [-0.1, -0.05) is 50.6 Å². The topological polar surface area (TPSA) is 507 Å². The Morgan fingerprint density at radius 3 is 1.88 bits per heavy atom. The number of ether oxygens (including phenoxy) is 4. The highest BCUT2D eigenvalue weighted by atomic mass is 16.7. The standard InChI is InChI=1S/C48H80N12O18/c1-4-22(2)31(44(73)74)58-42(71)32(23(3)75-45-37(67)35(65)38(30(21-62)77-45)78-46-36(66)34(64)33(63)29(20-61)76-46)59-40(69)26(13-8-16-54-47(50)51)56-41(70)28-15-10-18-60(28)43(72)27(14-9-17-55-48(52)53)57-39(68)25(49)19-24-11-6-5-7-12-24/h5-7,11-12,22-23,25-38,45-46,61-67H,4,8-10,13-21,49H2,1-3H3,(H,56,70)(H,57,68)(H,58,71)(H,59,69)(H,73,74)(H4,50,51,54)(H4,52,53,55)/t22-,23+,25-,26-,27-,28-,29+,30+,31-,32-,33-,34-,35+,36+,37+,38+,45-,46-/m0/s1. The zero-order valence-electron chi connectivity index (χ0n) is 43.9. The molecule has 0 saturated carbocycles. The maximum absolute atomic E-state index is 14.6. The van der Waals surface area contributed by atoms with E-state index in [-0.39, 0.29) is 76.5 Å². The fourth-order valence-corrected chi connectivity index (χ4v) is 9.08. The summed E-state index contributed by atoms with van der Waals surface area (Å²) in [4.78, 5) is 92.7. The van der Waals surface area contributed by atoms with Crippen LogP contribution < -0.4 is 49.9 Å². The maximum atomic E-state index is 14.6. The van der Waals surface area contributed by atoms with Crippen molar-refractivity contribution in [2.45, 2.75) is 176 Å². The number of hydrogen-bond donors (Lipinski definition) is 17. The second kappa shape index (κ2) is 31.0. The summed E-state index contributed by atoms with van der Waals surface area (Å²) in [5, 5.41) is 94.0. The molecule has 18 atom stereocenters. The van der Waals surface area contributed by atoms with E-state index in [0.717, 1.165) is 5.56 Å². The molecule has 30 heteroatoms. The molecule has 3 saturated heterocycles. The number of amides is 5. The predicted octanol–water partition coefficient (Wildman–Crippen LogP) is -7.25. The molecule has 78 heavy (non-hydrogen) atoms. The molecule has 0 unspecified atom stereocenters. The zero-order valence-corrected chi connectivity index (χ0v) is 43.9. The first-order chi connectivity index (χ1) is 36.9. The molecule has 3 heterocycles. The minimum absolute atomic E-state index is 0.0331. The third-order valence-electron chi connectivity index (χ3n) is 13.7. The molecule has 0 aromatic heterocycles. The smallest absolute Gasteiger partial charge is 0.326 e. The van der Waals surface area contributed by atoms with Crippen LogP contribution in [-0.2, 0) is 54.1 Å². The SMILES string of the molecule is CC[C@H](C)[C@H](NC(=O)[C@@H](NC(=O)[C@H](CCCN=C(N)N)NC(=O)[C@@H]1CCCN1C(=O)[C@H](CCCN=C(N)N)NC(=O)[C@@H](N)Cc1ccccc1)[C@@H](C)O[C@H]1O[C@H](CO)[C@@H](O[C@@H]2O[C@H](CO)[C@H](O)[C@H](O)[C@H]2O)[C@H](O)[C@H]1O)C(=O)O. The minimum Gasteiger partial charge on any atom is -0.480 e. The molecule has 0 radical (unpaired) electrons. The monoisotopic (exact) mass is 1110 g/mol. The second-order valence-electron chi connectivity index (χ2n) is 19.5. The van der Waals surface area contributed by atoms with Gasteiger partial charge in [0.1, 0.15) is 79.0 Å². The van der Waals surface area contributed by atoms with Gasteiger partial charge in [0.25, 0.3) is 0 Å². The van der Waals surface area contributed by atoms with Gasteiger partial charge in [-0.2, -0.15) is 0 Å². The molecule has 4 rings (SSSR count). The number of aliphatic hydroxyl groups excluding tert-OH is 7. The number of benzene rings is 1. The van der Waals surface area contributed by atoms with Crippen molar-refractivity contribution in [1.82, 2.24) is 26.2 Å². The molecular weight excluding hydrogens is 1030 g/mol. The first kappa shape index (κ1) is 64.6. The van der Waals surface area contributed by atoms with Crippen molar-refractivity contribution in [3.05, 3.63) is 35.9 Å². The molecule has 440 valence electrons. The number of aliphatic imine (C=N–C) groups is 2. The summed E-state index contributed by atoms with van der Waals surface area (Å²) in [5.41, 5.74) is 29.1. The van der Waals surface area contributed by atoms with Gasteiger partial charge in [-0.05, 0) is 63.4 Å². The number of likely N-dealkylation sites (tertiary alicyclic amines) is 1. The Balaban J connectivity index is 1.61. The third kappa shape index (κ3) is 18.1. The third-order valence-corrected chi connectivity index (χ3v) is 13.7. The van der Waals surface area contributed by atoms with Crippen LogP contribution in [0.2, 0.25) is 0 Å². The van der Waals surface area contributed by atoms with Crippen LogP contribution in [0.4, 0.5) is 0 Å². The first-order valence-electron chi connectivity index (χ1n) is 25.8. The lowest BCUT2D eigenvalue weighted by molar-refractivity contribution is -0.362. The Morgan fingerprint density at radius 2 is 1.31 bits per heavy atom. The van der Waals surface area contributed by atoms with Crippen LogP contribution in [0.5, 0.6) is 0 Å². The van der Waals surface area contributed by atoms with E-state index in [2.05, 4.69) is 31.3 Å². The molecule has 0 aliphatic carbocycles. The van der Waals surface area contributed by atoms with Gasteiger partial charge in [-0.25, -0.2) is 4.79 Å². The van der Waals surface area contributed by atoms with Crippen molar-refractivity contribution < 1.29 is 88.6 Å². The molecule has 0 spiro atoms. The normalized spacial score (nSPS) is 27.8. The number of carboxylic acids is 1.